The van der Waals surface area contributed by atoms with Crippen LogP contribution in [-0.4, -0.2) is 26.1 Å². The van der Waals surface area contributed by atoms with Gasteiger partial charge < -0.3 is 4.90 Å². The maximum absolute atomic E-state index is 11.9. The van der Waals surface area contributed by atoms with Crippen LogP contribution in [0.15, 0.2) is 24.3 Å². The van der Waals surface area contributed by atoms with Gasteiger partial charge in [0.25, 0.3) is 0 Å². The smallest absolute Gasteiger partial charge is 0.237 e. The van der Waals surface area contributed by atoms with Crippen molar-refractivity contribution in [1.29, 1.82) is 5.26 Å². The van der Waals surface area contributed by atoms with Crippen LogP contribution in [0.1, 0.15) is 12.0 Å². The number of hydrogen-bond acceptors (Lipinski definition) is 4. The number of para-hydroxylation sites is 1. The number of nitrogens with zero attached hydrogens (tertiary/aromatic N) is 2. The first kappa shape index (κ1) is 13.8. The second-order valence-electron chi connectivity index (χ2n) is 4.27. The molecule has 0 aromatic heterocycles. The quantitative estimate of drug-likeness (QED) is 0.791. The van der Waals surface area contributed by atoms with Crippen molar-refractivity contribution in [1.82, 2.24) is 0 Å². The van der Waals surface area contributed by atoms with Crippen LogP contribution in [0.4, 0.5) is 5.69 Å². The molecule has 1 heterocycles. The average Bonchev–Trinajstić information content (AvgIpc) is 2.72. The number of hydrogen-bond donors (Lipinski definition) is 0. The lowest BCUT2D eigenvalue weighted by molar-refractivity contribution is -0.117. The van der Waals surface area contributed by atoms with E-state index in [4.69, 9.17) is 15.9 Å². The summed E-state index contributed by atoms with van der Waals surface area (Å²) in [6.45, 7) is 0.0348. The van der Waals surface area contributed by atoms with Gasteiger partial charge in [-0.1, -0.05) is 18.2 Å². The normalized spacial score (nSPS) is 19.5. The van der Waals surface area contributed by atoms with Gasteiger partial charge in [-0.3, -0.25) is 4.79 Å². The van der Waals surface area contributed by atoms with Crippen LogP contribution in [0.5, 0.6) is 0 Å². The van der Waals surface area contributed by atoms with E-state index in [2.05, 4.69) is 0 Å². The highest BCUT2D eigenvalue weighted by Crippen LogP contribution is 2.29. The number of amides is 1. The predicted octanol–water partition coefficient (Wildman–Crippen LogP) is 1.43. The van der Waals surface area contributed by atoms with Gasteiger partial charge in [0.1, 0.15) is 5.25 Å². The molecule has 0 N–H and O–H groups in total. The Morgan fingerprint density at radius 1 is 1.42 bits per heavy atom. The number of rotatable bonds is 3. The zero-order valence-corrected chi connectivity index (χ0v) is 11.5. The first-order valence-corrected chi connectivity index (χ1v) is 7.99. The molecule has 1 amide bonds. The SMILES string of the molecule is N#CCc1ccccc1N1CC(S(=O)(=O)Cl)CC1=O. The zero-order chi connectivity index (χ0) is 14.0. The van der Waals surface area contributed by atoms with Gasteiger partial charge in [-0.2, -0.15) is 5.26 Å². The molecule has 2 rings (SSSR count). The van der Waals surface area contributed by atoms with Crippen molar-refractivity contribution in [2.75, 3.05) is 11.4 Å². The van der Waals surface area contributed by atoms with Gasteiger partial charge >= 0.3 is 0 Å². The number of halogens is 1. The van der Waals surface area contributed by atoms with Gasteiger partial charge in [0.15, 0.2) is 0 Å². The summed E-state index contributed by atoms with van der Waals surface area (Å²) >= 11 is 0. The van der Waals surface area contributed by atoms with Crippen molar-refractivity contribution < 1.29 is 13.2 Å². The van der Waals surface area contributed by atoms with E-state index in [1.54, 1.807) is 24.3 Å². The van der Waals surface area contributed by atoms with Crippen LogP contribution in [0.2, 0.25) is 0 Å². The molecule has 1 atom stereocenters. The van der Waals surface area contributed by atoms with Crippen LogP contribution in [0.25, 0.3) is 0 Å². The van der Waals surface area contributed by atoms with E-state index in [1.807, 2.05) is 6.07 Å². The highest BCUT2D eigenvalue weighted by atomic mass is 35.7. The van der Waals surface area contributed by atoms with Crippen molar-refractivity contribution >= 4 is 31.3 Å². The molecule has 1 fully saturated rings. The van der Waals surface area contributed by atoms with E-state index < -0.39 is 14.3 Å². The number of benzene rings is 1. The molecule has 0 spiro atoms. The predicted molar refractivity (Wildman–Crippen MR) is 71.3 cm³/mol. The lowest BCUT2D eigenvalue weighted by atomic mass is 10.1. The van der Waals surface area contributed by atoms with E-state index in [9.17, 15) is 13.2 Å². The topological polar surface area (TPSA) is 78.2 Å². The van der Waals surface area contributed by atoms with Crippen molar-refractivity contribution in [3.05, 3.63) is 29.8 Å². The summed E-state index contributed by atoms with van der Waals surface area (Å²) in [6, 6.07) is 8.98. The third kappa shape index (κ3) is 2.88. The minimum absolute atomic E-state index is 0.0348. The monoisotopic (exact) mass is 298 g/mol. The molecule has 1 unspecified atom stereocenters. The third-order valence-electron chi connectivity index (χ3n) is 3.04. The summed E-state index contributed by atoms with van der Waals surface area (Å²) < 4.78 is 22.6. The number of nitriles is 1. The van der Waals surface area contributed by atoms with Crippen molar-refractivity contribution in [3.63, 3.8) is 0 Å². The van der Waals surface area contributed by atoms with E-state index in [1.165, 1.54) is 4.90 Å². The summed E-state index contributed by atoms with van der Waals surface area (Å²) in [5.41, 5.74) is 1.28. The Labute approximate surface area is 115 Å². The van der Waals surface area contributed by atoms with Crippen molar-refractivity contribution in [3.8, 4) is 6.07 Å². The number of anilines is 1. The first-order valence-electron chi connectivity index (χ1n) is 5.62. The molecule has 1 aliphatic heterocycles. The fourth-order valence-electron chi connectivity index (χ4n) is 2.11. The number of carbonyl (C=O) groups is 1. The van der Waals surface area contributed by atoms with E-state index in [-0.39, 0.29) is 25.3 Å². The Kier molecular flexibility index (Phi) is 3.78. The van der Waals surface area contributed by atoms with Gasteiger partial charge in [-0.05, 0) is 11.6 Å². The fraction of sp³-hybridized carbons (Fsp3) is 0.333. The largest absolute Gasteiger partial charge is 0.311 e. The molecule has 0 bridgehead atoms. The molecule has 0 radical (unpaired) electrons. The molecule has 1 aromatic rings. The molecule has 0 aliphatic carbocycles. The summed E-state index contributed by atoms with van der Waals surface area (Å²) in [7, 11) is 1.54. The summed E-state index contributed by atoms with van der Waals surface area (Å²) in [4.78, 5) is 13.3. The second-order valence-corrected chi connectivity index (χ2v) is 7.18. The van der Waals surface area contributed by atoms with Crippen LogP contribution < -0.4 is 4.90 Å². The van der Waals surface area contributed by atoms with E-state index in [0.717, 1.165) is 0 Å². The van der Waals surface area contributed by atoms with Gasteiger partial charge in [0.2, 0.25) is 15.0 Å². The summed E-state index contributed by atoms with van der Waals surface area (Å²) in [5, 5.41) is 7.87. The van der Waals surface area contributed by atoms with E-state index in [0.29, 0.717) is 11.3 Å². The van der Waals surface area contributed by atoms with Crippen LogP contribution in [0.3, 0.4) is 0 Å². The van der Waals surface area contributed by atoms with Crippen molar-refractivity contribution in [2.45, 2.75) is 18.1 Å². The molecule has 5 nitrogen and oxygen atoms in total. The number of carbonyl (C=O) groups excluding carboxylic acids is 1. The molecule has 1 aromatic carbocycles. The Balaban J connectivity index is 2.34. The zero-order valence-electron chi connectivity index (χ0n) is 9.91. The molecule has 100 valence electrons. The highest BCUT2D eigenvalue weighted by Gasteiger charge is 2.38. The van der Waals surface area contributed by atoms with Gasteiger partial charge in [-0.25, -0.2) is 8.42 Å². The molecule has 19 heavy (non-hydrogen) atoms. The van der Waals surface area contributed by atoms with Crippen LogP contribution >= 0.6 is 10.7 Å². The third-order valence-corrected chi connectivity index (χ3v) is 4.91. The van der Waals surface area contributed by atoms with Crippen LogP contribution in [-0.2, 0) is 20.3 Å². The summed E-state index contributed by atoms with van der Waals surface area (Å²) in [5.74, 6) is -0.292. The minimum atomic E-state index is -3.76. The molecular weight excluding hydrogens is 288 g/mol. The standard InChI is InChI=1S/C12H11ClN2O3S/c13-19(17,18)10-7-12(16)15(8-10)11-4-2-1-3-9(11)5-6-14/h1-4,10H,5,7-8H2. The van der Waals surface area contributed by atoms with E-state index >= 15 is 0 Å². The first-order chi connectivity index (χ1) is 8.93. The minimum Gasteiger partial charge on any atom is -0.311 e. The lowest BCUT2D eigenvalue weighted by Crippen LogP contribution is -2.27. The van der Waals surface area contributed by atoms with Gasteiger partial charge in [0, 0.05) is 29.3 Å². The maximum atomic E-state index is 11.9. The van der Waals surface area contributed by atoms with Crippen LogP contribution in [0, 0.1) is 11.3 Å². The Bertz CT molecular complexity index is 651. The molecule has 1 aliphatic rings. The molecule has 7 heteroatoms. The van der Waals surface area contributed by atoms with Gasteiger partial charge in [-0.15, -0.1) is 0 Å². The van der Waals surface area contributed by atoms with Gasteiger partial charge in [0.05, 0.1) is 12.5 Å². The fourth-order valence-corrected chi connectivity index (χ4v) is 3.13. The Hall–Kier alpha value is -1.58. The maximum Gasteiger partial charge on any atom is 0.237 e. The average molecular weight is 299 g/mol. The summed E-state index contributed by atoms with van der Waals surface area (Å²) in [6.07, 6.45) is 0.0466. The lowest BCUT2D eigenvalue weighted by Gasteiger charge is -2.19. The molecule has 0 saturated carbocycles. The second kappa shape index (κ2) is 5.19. The highest BCUT2D eigenvalue weighted by molar-refractivity contribution is 8.14. The Morgan fingerprint density at radius 3 is 2.68 bits per heavy atom. The van der Waals surface area contributed by atoms with Crippen molar-refractivity contribution in [2.24, 2.45) is 0 Å². The molecule has 1 saturated heterocycles. The molecular formula is C12H11ClN2O3S. The Morgan fingerprint density at radius 2 is 2.11 bits per heavy atom.